The summed E-state index contributed by atoms with van der Waals surface area (Å²) in [5, 5.41) is 12.3. The van der Waals surface area contributed by atoms with Crippen molar-refractivity contribution in [1.29, 1.82) is 0 Å². The average Bonchev–Trinajstić information content (AvgIpc) is 2.78. The second-order valence-electron chi connectivity index (χ2n) is 8.74. The Morgan fingerprint density at radius 2 is 1.22 bits per heavy atom. The predicted molar refractivity (Wildman–Crippen MR) is 151 cm³/mol. The van der Waals surface area contributed by atoms with E-state index in [4.69, 9.17) is 23.7 Å². The monoisotopic (exact) mass is 708 g/mol. The molecule has 0 spiro atoms. The van der Waals surface area contributed by atoms with Crippen LogP contribution >= 0.6 is 47.8 Å². The van der Waals surface area contributed by atoms with Crippen molar-refractivity contribution in [2.45, 2.75) is 52.1 Å². The summed E-state index contributed by atoms with van der Waals surface area (Å²) in [4.78, 5) is 23.2. The van der Waals surface area contributed by atoms with Crippen LogP contribution in [0.25, 0.3) is 0 Å². The Labute approximate surface area is 242 Å². The summed E-state index contributed by atoms with van der Waals surface area (Å²) in [6.07, 6.45) is 2.14. The molecule has 0 saturated heterocycles. The molecule has 4 rings (SSSR count). The first-order valence-electron chi connectivity index (χ1n) is 11.5. The van der Waals surface area contributed by atoms with Gasteiger partial charge in [-0.3, -0.25) is 0 Å². The maximum Gasteiger partial charge on any atom is 0.345 e. The highest BCUT2D eigenvalue weighted by molar-refractivity contribution is 9.09. The maximum absolute atomic E-state index is 11.7. The van der Waals surface area contributed by atoms with E-state index in [0.29, 0.717) is 35.0 Å². The van der Waals surface area contributed by atoms with Gasteiger partial charge in [0.2, 0.25) is 11.6 Å². The van der Waals surface area contributed by atoms with E-state index in [2.05, 4.69) is 47.8 Å². The Balaban J connectivity index is 0.000000225. The molecule has 1 N–H and O–H groups in total. The fraction of sp³-hybridized carbons (Fsp3) is 0.462. The van der Waals surface area contributed by atoms with Crippen LogP contribution in [0.1, 0.15) is 61.3 Å². The zero-order chi connectivity index (χ0) is 27.6. The summed E-state index contributed by atoms with van der Waals surface area (Å²) in [5.41, 5.74) is 0.768. The van der Waals surface area contributed by atoms with Gasteiger partial charge in [0.25, 0.3) is 0 Å². The van der Waals surface area contributed by atoms with Crippen molar-refractivity contribution in [3.8, 4) is 23.0 Å². The van der Waals surface area contributed by atoms with Gasteiger partial charge in [-0.1, -0.05) is 47.8 Å². The molecule has 0 aromatic heterocycles. The molecule has 2 heterocycles. The van der Waals surface area contributed by atoms with E-state index in [1.54, 1.807) is 45.9 Å². The molecule has 204 valence electrons. The minimum absolute atomic E-state index is 0.0641. The second kappa shape index (κ2) is 14.2. The molecular weight excluding hydrogens is 680 g/mol. The third-order valence-electron chi connectivity index (χ3n) is 4.56. The van der Waals surface area contributed by atoms with E-state index < -0.39 is 17.5 Å². The number of carbonyl (C=O) groups excluding carboxylic acids is 2. The number of esters is 2. The summed E-state index contributed by atoms with van der Waals surface area (Å²) in [7, 11) is 0. The summed E-state index contributed by atoms with van der Waals surface area (Å²) in [6.45, 7) is 7.30. The first-order valence-corrected chi connectivity index (χ1v) is 14.9. The van der Waals surface area contributed by atoms with E-state index in [0.717, 1.165) is 22.4 Å². The lowest BCUT2D eigenvalue weighted by Crippen LogP contribution is -2.38. The van der Waals surface area contributed by atoms with Crippen LogP contribution in [-0.2, 0) is 9.47 Å². The van der Waals surface area contributed by atoms with Crippen molar-refractivity contribution < 1.29 is 38.4 Å². The molecule has 8 nitrogen and oxygen atoms in total. The second-order valence-corrected chi connectivity index (χ2v) is 11.1. The van der Waals surface area contributed by atoms with Crippen molar-refractivity contribution in [2.24, 2.45) is 0 Å². The molecular formula is C26H31Br3O8. The number of carbonyl (C=O) groups is 2. The Kier molecular flexibility index (Phi) is 12.0. The fourth-order valence-corrected chi connectivity index (χ4v) is 4.57. The molecule has 37 heavy (non-hydrogen) atoms. The van der Waals surface area contributed by atoms with Gasteiger partial charge in [0, 0.05) is 55.8 Å². The van der Waals surface area contributed by atoms with Crippen LogP contribution in [0.15, 0.2) is 36.4 Å². The highest BCUT2D eigenvalue weighted by Gasteiger charge is 2.34. The van der Waals surface area contributed by atoms with Crippen LogP contribution in [-0.4, -0.2) is 51.2 Å². The molecule has 0 atom stereocenters. The van der Waals surface area contributed by atoms with Crippen molar-refractivity contribution in [3.05, 3.63) is 47.5 Å². The first-order chi connectivity index (χ1) is 17.4. The Hall–Kier alpha value is -1.98. The van der Waals surface area contributed by atoms with Crippen molar-refractivity contribution >= 4 is 59.7 Å². The number of cyclic esters (lactones) is 2. The third-order valence-corrected chi connectivity index (χ3v) is 6.24. The zero-order valence-corrected chi connectivity index (χ0v) is 25.9. The summed E-state index contributed by atoms with van der Waals surface area (Å²) in [5.74, 6) is -1.09. The highest BCUT2D eigenvalue weighted by Crippen LogP contribution is 2.34. The van der Waals surface area contributed by atoms with E-state index in [1.165, 1.54) is 24.6 Å². The Bertz CT molecular complexity index is 1070. The van der Waals surface area contributed by atoms with Crippen LogP contribution in [0.4, 0.5) is 0 Å². The van der Waals surface area contributed by atoms with Crippen molar-refractivity contribution in [3.63, 3.8) is 0 Å². The number of ether oxygens (including phenoxy) is 5. The highest BCUT2D eigenvalue weighted by atomic mass is 79.9. The molecule has 0 saturated carbocycles. The minimum atomic E-state index is -0.974. The van der Waals surface area contributed by atoms with Gasteiger partial charge in [-0.15, -0.1) is 0 Å². The lowest BCUT2D eigenvalue weighted by atomic mass is 10.1. The number of phenols is 1. The number of hydrogen-bond donors (Lipinski definition) is 1. The fourth-order valence-electron chi connectivity index (χ4n) is 3.03. The number of hydrogen-bond acceptors (Lipinski definition) is 8. The Morgan fingerprint density at radius 1 is 0.730 bits per heavy atom. The molecule has 2 aliphatic heterocycles. The lowest BCUT2D eigenvalue weighted by Gasteiger charge is -2.31. The summed E-state index contributed by atoms with van der Waals surface area (Å²) < 4.78 is 26.7. The van der Waals surface area contributed by atoms with E-state index in [1.807, 2.05) is 0 Å². The van der Waals surface area contributed by atoms with Gasteiger partial charge >= 0.3 is 11.9 Å². The van der Waals surface area contributed by atoms with Gasteiger partial charge in [0.1, 0.15) is 34.1 Å². The molecule has 2 aromatic rings. The predicted octanol–water partition coefficient (Wildman–Crippen LogP) is 6.98. The van der Waals surface area contributed by atoms with E-state index in [9.17, 15) is 14.7 Å². The number of fused-ring (bicyclic) bond motifs is 2. The van der Waals surface area contributed by atoms with Gasteiger partial charge in [-0.2, -0.15) is 0 Å². The van der Waals surface area contributed by atoms with Gasteiger partial charge in [-0.05, 0) is 37.1 Å². The number of phenolic OH excluding ortho intramolecular Hbond substituents is 1. The number of aromatic hydroxyl groups is 1. The molecule has 0 unspecified atom stereocenters. The smallest absolute Gasteiger partial charge is 0.345 e. The largest absolute Gasteiger partial charge is 0.508 e. The minimum Gasteiger partial charge on any atom is -0.508 e. The quantitative estimate of drug-likeness (QED) is 0.195. The molecule has 2 aliphatic rings. The molecule has 0 bridgehead atoms. The Morgan fingerprint density at radius 3 is 1.70 bits per heavy atom. The third kappa shape index (κ3) is 10.0. The number of benzene rings is 2. The van der Waals surface area contributed by atoms with Crippen molar-refractivity contribution in [1.82, 2.24) is 0 Å². The van der Waals surface area contributed by atoms with Crippen LogP contribution < -0.4 is 14.2 Å². The van der Waals surface area contributed by atoms with Crippen LogP contribution in [0.2, 0.25) is 0 Å². The van der Waals surface area contributed by atoms with Gasteiger partial charge in [-0.25, -0.2) is 9.59 Å². The lowest BCUT2D eigenvalue weighted by molar-refractivity contribution is -0.128. The topological polar surface area (TPSA) is 101 Å². The molecule has 0 fully saturated rings. The molecule has 0 radical (unpaired) electrons. The van der Waals surface area contributed by atoms with Gasteiger partial charge < -0.3 is 28.8 Å². The standard InChI is InChI=1S/C13H15BrO4.C10H10O4.C3H6Br2/c1-13(2)17-11-8-9(16-7-3-6-14)4-5-10(11)12(15)18-13;1-10(2)13-8-5-6(11)3-4-7(8)9(12)14-10;4-2-1-3-5/h4-5,8H,3,6-7H2,1-2H3;3-5,11H,1-2H3;1-3H2. The van der Waals surface area contributed by atoms with E-state index >= 15 is 0 Å². The number of alkyl halides is 3. The first kappa shape index (κ1) is 31.2. The normalized spacial score (nSPS) is 16.0. The van der Waals surface area contributed by atoms with Gasteiger partial charge in [0.05, 0.1) is 6.61 Å². The maximum atomic E-state index is 11.7. The van der Waals surface area contributed by atoms with E-state index in [-0.39, 0.29) is 11.7 Å². The van der Waals surface area contributed by atoms with Crippen LogP contribution in [0.5, 0.6) is 23.0 Å². The molecule has 0 amide bonds. The molecule has 11 heteroatoms. The van der Waals surface area contributed by atoms with Crippen LogP contribution in [0.3, 0.4) is 0 Å². The van der Waals surface area contributed by atoms with Crippen molar-refractivity contribution in [2.75, 3.05) is 22.6 Å². The average molecular weight is 711 g/mol. The van der Waals surface area contributed by atoms with Gasteiger partial charge in [0.15, 0.2) is 0 Å². The van der Waals surface area contributed by atoms with Crippen LogP contribution in [0, 0.1) is 0 Å². The molecule has 0 aliphatic carbocycles. The number of halogens is 3. The number of rotatable bonds is 6. The molecule has 2 aromatic carbocycles. The SMILES string of the molecule is BrCCCBr.CC1(C)OC(=O)c2ccc(O)cc2O1.CC1(C)OC(=O)c2ccc(OCCCBr)cc2O1. The summed E-state index contributed by atoms with van der Waals surface area (Å²) in [6, 6.07) is 9.43. The summed E-state index contributed by atoms with van der Waals surface area (Å²) >= 11 is 9.90. The zero-order valence-electron chi connectivity index (χ0n) is 21.1.